The molecule has 0 bridgehead atoms. The van der Waals surface area contributed by atoms with Crippen molar-refractivity contribution >= 4 is 25.7 Å². The number of nitrogens with one attached hydrogen (secondary N) is 2. The van der Waals surface area contributed by atoms with Crippen LogP contribution in [0.4, 0.5) is 9.18 Å². The Morgan fingerprint density at radius 2 is 2.00 bits per heavy atom. The minimum absolute atomic E-state index is 0.0622. The van der Waals surface area contributed by atoms with E-state index in [1.54, 1.807) is 32.0 Å². The minimum atomic E-state index is -4.29. The van der Waals surface area contributed by atoms with E-state index in [1.165, 1.54) is 19.1 Å². The topological polar surface area (TPSA) is 153 Å². The Kier molecular flexibility index (Phi) is 8.73. The minimum Gasteiger partial charge on any atom is -0.462 e. The lowest BCUT2D eigenvalue weighted by molar-refractivity contribution is -0.149. The van der Waals surface area contributed by atoms with Gasteiger partial charge < -0.3 is 19.1 Å². The molecule has 2 aliphatic heterocycles. The largest absolute Gasteiger partial charge is 0.462 e. The Labute approximate surface area is 208 Å². The van der Waals surface area contributed by atoms with E-state index in [0.29, 0.717) is 0 Å². The predicted molar refractivity (Wildman–Crippen MR) is 123 cm³/mol. The molecule has 1 aromatic carbocycles. The van der Waals surface area contributed by atoms with Crippen LogP contribution in [0, 0.1) is 0 Å². The van der Waals surface area contributed by atoms with Crippen molar-refractivity contribution in [2.24, 2.45) is 0 Å². The van der Waals surface area contributed by atoms with Crippen LogP contribution in [0.15, 0.2) is 30.3 Å². The number of hydrogen-bond donors (Lipinski definition) is 3. The van der Waals surface area contributed by atoms with Crippen molar-refractivity contribution < 1.29 is 47.0 Å². The molecule has 200 valence electrons. The number of para-hydroxylation sites is 1. The number of rotatable bonds is 10. The number of esters is 1. The number of ether oxygens (including phenoxy) is 2. The van der Waals surface area contributed by atoms with Crippen LogP contribution < -0.4 is 14.9 Å². The summed E-state index contributed by atoms with van der Waals surface area (Å²) < 4.78 is 50.7. The summed E-state index contributed by atoms with van der Waals surface area (Å²) in [6.45, 7) is 5.04. The lowest BCUT2D eigenvalue weighted by Crippen LogP contribution is -2.59. The van der Waals surface area contributed by atoms with E-state index in [-0.39, 0.29) is 18.7 Å². The molecule has 0 aliphatic carbocycles. The third-order valence-corrected chi connectivity index (χ3v) is 7.17. The number of amides is 3. The maximum absolute atomic E-state index is 15.5. The number of urea groups is 1. The van der Waals surface area contributed by atoms with E-state index in [4.69, 9.17) is 18.5 Å². The monoisotopic (exact) mass is 531 g/mol. The maximum atomic E-state index is 15.5. The summed E-state index contributed by atoms with van der Waals surface area (Å²) in [5.41, 5.74) is -2.43. The number of carbonyl (C=O) groups excluding carboxylic acids is 3. The van der Waals surface area contributed by atoms with Gasteiger partial charge in [0.25, 0.3) is 0 Å². The molecule has 0 radical (unpaired) electrons. The summed E-state index contributed by atoms with van der Waals surface area (Å²) in [6.07, 6.45) is -5.14. The van der Waals surface area contributed by atoms with E-state index in [1.807, 2.05) is 0 Å². The van der Waals surface area contributed by atoms with Crippen LogP contribution in [0.25, 0.3) is 0 Å². The molecule has 2 fully saturated rings. The Hall–Kier alpha value is -2.57. The van der Waals surface area contributed by atoms with Gasteiger partial charge in [0.2, 0.25) is 5.91 Å². The summed E-state index contributed by atoms with van der Waals surface area (Å²) in [7, 11) is -4.29. The zero-order valence-electron chi connectivity index (χ0n) is 20.4. The van der Waals surface area contributed by atoms with Crippen molar-refractivity contribution in [2.45, 2.75) is 70.4 Å². The van der Waals surface area contributed by atoms with Crippen molar-refractivity contribution in [3.8, 4) is 5.75 Å². The molecule has 1 aromatic rings. The molecule has 0 unspecified atom stereocenters. The number of carbonyl (C=O) groups is 3. The Morgan fingerprint density at radius 1 is 1.33 bits per heavy atom. The number of alkyl halides is 1. The number of halogens is 1. The van der Waals surface area contributed by atoms with Crippen LogP contribution in [0.1, 0.15) is 34.1 Å². The smallest absolute Gasteiger partial charge is 0.459 e. The summed E-state index contributed by atoms with van der Waals surface area (Å²) >= 11 is 0. The van der Waals surface area contributed by atoms with Gasteiger partial charge in [0, 0.05) is 13.0 Å². The standard InChI is InChI=1S/C22H31FN3O9P/c1-13(2)33-19(29)14(3)25-36(31,35-15-8-6-5-7-9-15)32-12-16-18(28)22(4,23)20(34-16)26-11-10-17(27)24-21(26)30/h5-9,13-14,16,18,20,28H,10-12H2,1-4H3,(H,25,31)(H,24,27,30)/t14-,16-,18-,20-,22-,36+/m1/s1. The fraction of sp³-hybridized carbons (Fsp3) is 0.591. The van der Waals surface area contributed by atoms with E-state index in [9.17, 15) is 24.1 Å². The quantitative estimate of drug-likeness (QED) is 0.301. The van der Waals surface area contributed by atoms with E-state index in [2.05, 4.69) is 10.4 Å². The SMILES string of the molecule is CC(C)OC(=O)[C@@H](C)N[P@](=O)(OC[C@H]1O[C@@H](N2CCC(=O)NC2=O)[C@](C)(F)[C@@H]1O)Oc1ccccc1. The van der Waals surface area contributed by atoms with Gasteiger partial charge in [0.1, 0.15) is 24.0 Å². The first kappa shape index (κ1) is 28.0. The summed E-state index contributed by atoms with van der Waals surface area (Å²) in [4.78, 5) is 36.8. The van der Waals surface area contributed by atoms with Crippen molar-refractivity contribution in [2.75, 3.05) is 13.2 Å². The second kappa shape index (κ2) is 11.2. The lowest BCUT2D eigenvalue weighted by atomic mass is 9.97. The molecule has 3 amide bonds. The molecule has 14 heteroatoms. The van der Waals surface area contributed by atoms with Gasteiger partial charge in [-0.15, -0.1) is 0 Å². The van der Waals surface area contributed by atoms with Gasteiger partial charge in [0.05, 0.1) is 12.7 Å². The van der Waals surface area contributed by atoms with E-state index < -0.39 is 68.5 Å². The van der Waals surface area contributed by atoms with Gasteiger partial charge in [-0.1, -0.05) is 18.2 Å². The zero-order chi connectivity index (χ0) is 26.7. The molecule has 36 heavy (non-hydrogen) atoms. The van der Waals surface area contributed by atoms with Gasteiger partial charge in [0.15, 0.2) is 11.9 Å². The zero-order valence-corrected chi connectivity index (χ0v) is 21.3. The van der Waals surface area contributed by atoms with Crippen LogP contribution in [0.2, 0.25) is 0 Å². The van der Waals surface area contributed by atoms with Gasteiger partial charge in [-0.3, -0.25) is 24.3 Å². The fourth-order valence-electron chi connectivity index (χ4n) is 3.70. The fourth-order valence-corrected chi connectivity index (χ4v) is 5.20. The van der Waals surface area contributed by atoms with E-state index in [0.717, 1.165) is 11.8 Å². The molecule has 12 nitrogen and oxygen atoms in total. The molecule has 0 aromatic heterocycles. The highest BCUT2D eigenvalue weighted by Crippen LogP contribution is 2.46. The second-order valence-corrected chi connectivity index (χ2v) is 10.6. The highest BCUT2D eigenvalue weighted by atomic mass is 31.2. The highest BCUT2D eigenvalue weighted by molar-refractivity contribution is 7.52. The Bertz CT molecular complexity index is 1010. The van der Waals surface area contributed by atoms with Gasteiger partial charge in [-0.25, -0.2) is 13.8 Å². The van der Waals surface area contributed by atoms with Crippen molar-refractivity contribution in [1.82, 2.24) is 15.3 Å². The normalized spacial score (nSPS) is 29.0. The van der Waals surface area contributed by atoms with Crippen LogP contribution in [0.5, 0.6) is 5.75 Å². The number of aliphatic hydroxyl groups excluding tert-OH is 1. The van der Waals surface area contributed by atoms with Crippen LogP contribution in [-0.2, 0) is 28.2 Å². The summed E-state index contributed by atoms with van der Waals surface area (Å²) in [5.74, 6) is -1.05. The number of imide groups is 1. The molecular formula is C22H31FN3O9P. The van der Waals surface area contributed by atoms with Crippen molar-refractivity contribution in [1.29, 1.82) is 0 Å². The average Bonchev–Trinajstić information content (AvgIpc) is 3.01. The average molecular weight is 531 g/mol. The van der Waals surface area contributed by atoms with E-state index >= 15 is 4.39 Å². The molecule has 2 aliphatic rings. The number of nitrogens with zero attached hydrogens (tertiary/aromatic N) is 1. The molecule has 2 saturated heterocycles. The lowest BCUT2D eigenvalue weighted by Gasteiger charge is -2.35. The van der Waals surface area contributed by atoms with Gasteiger partial charge in [-0.2, -0.15) is 5.09 Å². The summed E-state index contributed by atoms with van der Waals surface area (Å²) in [5, 5.41) is 15.1. The van der Waals surface area contributed by atoms with Crippen LogP contribution in [-0.4, -0.2) is 77.3 Å². The molecule has 0 saturated carbocycles. The molecule has 3 rings (SSSR count). The molecular weight excluding hydrogens is 500 g/mol. The molecule has 3 N–H and O–H groups in total. The van der Waals surface area contributed by atoms with Crippen molar-refractivity contribution in [3.05, 3.63) is 30.3 Å². The third-order valence-electron chi connectivity index (χ3n) is 5.52. The maximum Gasteiger partial charge on any atom is 0.459 e. The first-order valence-corrected chi connectivity index (χ1v) is 13.0. The Morgan fingerprint density at radius 3 is 2.61 bits per heavy atom. The summed E-state index contributed by atoms with van der Waals surface area (Å²) in [6, 6.07) is 6.04. The molecule has 0 spiro atoms. The number of aliphatic hydroxyl groups is 1. The predicted octanol–water partition coefficient (Wildman–Crippen LogP) is 1.88. The Balaban J connectivity index is 1.74. The molecule has 2 heterocycles. The number of hydrogen-bond acceptors (Lipinski definition) is 9. The first-order chi connectivity index (χ1) is 16.8. The highest BCUT2D eigenvalue weighted by Gasteiger charge is 2.58. The van der Waals surface area contributed by atoms with Gasteiger partial charge >= 0.3 is 19.7 Å². The van der Waals surface area contributed by atoms with Crippen LogP contribution >= 0.6 is 7.75 Å². The van der Waals surface area contributed by atoms with Crippen molar-refractivity contribution in [3.63, 3.8) is 0 Å². The third kappa shape index (κ3) is 6.60. The van der Waals surface area contributed by atoms with Crippen LogP contribution in [0.3, 0.4) is 0 Å². The number of benzene rings is 1. The first-order valence-electron chi connectivity index (χ1n) is 11.4. The second-order valence-electron chi connectivity index (χ2n) is 8.95. The molecule has 6 atom stereocenters. The van der Waals surface area contributed by atoms with Gasteiger partial charge in [-0.05, 0) is 39.8 Å².